The van der Waals surface area contributed by atoms with Crippen LogP contribution in [0, 0.1) is 5.82 Å². The summed E-state index contributed by atoms with van der Waals surface area (Å²) < 4.78 is 30.4. The van der Waals surface area contributed by atoms with Gasteiger partial charge < -0.3 is 14.5 Å². The first kappa shape index (κ1) is 22.4. The maximum atomic E-state index is 15.2. The molecular weight excluding hydrogens is 463 g/mol. The maximum Gasteiger partial charge on any atom is 0.348 e. The summed E-state index contributed by atoms with van der Waals surface area (Å²) >= 11 is 0. The lowest BCUT2D eigenvalue weighted by Crippen LogP contribution is -2.25. The summed E-state index contributed by atoms with van der Waals surface area (Å²) in [4.78, 5) is 22.1. The topological polar surface area (TPSA) is 100 Å². The van der Waals surface area contributed by atoms with E-state index in [-0.39, 0.29) is 6.10 Å². The number of anilines is 1. The van der Waals surface area contributed by atoms with Crippen molar-refractivity contribution in [2.24, 2.45) is 7.05 Å². The number of aromatic nitrogens is 5. The average molecular weight is 489 g/mol. The minimum absolute atomic E-state index is 0.103. The van der Waals surface area contributed by atoms with E-state index in [1.807, 2.05) is 6.07 Å². The van der Waals surface area contributed by atoms with Crippen molar-refractivity contribution in [3.8, 4) is 22.4 Å². The number of fused-ring (bicyclic) bond motifs is 3. The van der Waals surface area contributed by atoms with E-state index in [9.17, 15) is 4.79 Å². The van der Waals surface area contributed by atoms with Crippen LogP contribution in [0.5, 0.6) is 0 Å². The van der Waals surface area contributed by atoms with Crippen LogP contribution in [0.4, 0.5) is 10.2 Å². The van der Waals surface area contributed by atoms with Gasteiger partial charge in [-0.1, -0.05) is 0 Å². The molecule has 1 aliphatic rings. The molecule has 1 fully saturated rings. The minimum Gasteiger partial charge on any atom is -0.452 e. The Morgan fingerprint density at radius 1 is 1.22 bits per heavy atom. The van der Waals surface area contributed by atoms with Crippen molar-refractivity contribution < 1.29 is 13.5 Å². The van der Waals surface area contributed by atoms with Crippen molar-refractivity contribution in [3.63, 3.8) is 0 Å². The third-order valence-electron chi connectivity index (χ3n) is 6.68. The zero-order valence-corrected chi connectivity index (χ0v) is 20.0. The summed E-state index contributed by atoms with van der Waals surface area (Å²) in [5, 5.41) is 7.79. The van der Waals surface area contributed by atoms with Gasteiger partial charge in [0, 0.05) is 67.8 Å². The Kier molecular flexibility index (Phi) is 5.52. The molecule has 1 N–H and O–H groups in total. The number of hydrogen-bond donors (Lipinski definition) is 1. The van der Waals surface area contributed by atoms with Gasteiger partial charge in [0.25, 0.3) is 0 Å². The number of nitrogens with one attached hydrogen (secondary N) is 1. The molecule has 0 spiro atoms. The van der Waals surface area contributed by atoms with Crippen LogP contribution >= 0.6 is 0 Å². The summed E-state index contributed by atoms with van der Waals surface area (Å²) in [6, 6.07) is 6.71. The molecule has 5 heterocycles. The molecule has 1 unspecified atom stereocenters. The second-order valence-corrected chi connectivity index (χ2v) is 9.01. The van der Waals surface area contributed by atoms with Crippen LogP contribution in [0.3, 0.4) is 0 Å². The molecule has 1 aliphatic heterocycles. The molecule has 0 bridgehead atoms. The SMILES string of the molecule is CNc1ccc(-c2nc(=O)n(CCC3CCCO3)c3c2oc2cc(F)c(-c4cnn(C)c4)cc23)cn1. The Morgan fingerprint density at radius 3 is 2.81 bits per heavy atom. The minimum atomic E-state index is -0.433. The van der Waals surface area contributed by atoms with Crippen LogP contribution in [0.2, 0.25) is 0 Å². The highest BCUT2D eigenvalue weighted by atomic mass is 19.1. The summed E-state index contributed by atoms with van der Waals surface area (Å²) in [7, 11) is 3.56. The number of aryl methyl sites for hydroxylation is 2. The lowest BCUT2D eigenvalue weighted by atomic mass is 10.1. The van der Waals surface area contributed by atoms with Crippen molar-refractivity contribution >= 4 is 27.9 Å². The van der Waals surface area contributed by atoms with E-state index in [1.165, 1.54) is 6.07 Å². The first-order valence-corrected chi connectivity index (χ1v) is 11.9. The third-order valence-corrected chi connectivity index (χ3v) is 6.68. The number of hydrogen-bond acceptors (Lipinski definition) is 7. The zero-order chi connectivity index (χ0) is 24.8. The highest BCUT2D eigenvalue weighted by Gasteiger charge is 2.23. The molecule has 6 rings (SSSR count). The van der Waals surface area contributed by atoms with Gasteiger partial charge in [0.15, 0.2) is 5.58 Å². The highest BCUT2D eigenvalue weighted by Crippen LogP contribution is 2.37. The molecule has 9 nitrogen and oxygen atoms in total. The third kappa shape index (κ3) is 3.83. The molecule has 1 atom stereocenters. The normalized spacial score (nSPS) is 15.8. The first-order chi connectivity index (χ1) is 17.5. The predicted molar refractivity (Wildman–Crippen MR) is 134 cm³/mol. The van der Waals surface area contributed by atoms with Crippen molar-refractivity contribution in [3.05, 3.63) is 59.2 Å². The fraction of sp³-hybridized carbons (Fsp3) is 0.308. The molecule has 5 aromatic rings. The number of nitrogens with zero attached hydrogens (tertiary/aromatic N) is 5. The quantitative estimate of drug-likeness (QED) is 0.379. The predicted octanol–water partition coefficient (Wildman–Crippen LogP) is 4.36. The monoisotopic (exact) mass is 488 g/mol. The molecule has 0 aliphatic carbocycles. The van der Waals surface area contributed by atoms with Gasteiger partial charge in [0.2, 0.25) is 0 Å². The van der Waals surface area contributed by atoms with E-state index >= 15 is 4.39 Å². The largest absolute Gasteiger partial charge is 0.452 e. The molecule has 0 amide bonds. The van der Waals surface area contributed by atoms with Gasteiger partial charge in [-0.3, -0.25) is 9.25 Å². The molecule has 4 aromatic heterocycles. The second kappa shape index (κ2) is 8.87. The van der Waals surface area contributed by atoms with Crippen molar-refractivity contribution in [1.29, 1.82) is 0 Å². The van der Waals surface area contributed by atoms with Crippen molar-refractivity contribution in [2.45, 2.75) is 31.9 Å². The van der Waals surface area contributed by atoms with Gasteiger partial charge in [-0.05, 0) is 37.5 Å². The van der Waals surface area contributed by atoms with Crippen molar-refractivity contribution in [1.82, 2.24) is 24.3 Å². The highest BCUT2D eigenvalue weighted by molar-refractivity contribution is 6.08. The summed E-state index contributed by atoms with van der Waals surface area (Å²) in [6.45, 7) is 1.16. The lowest BCUT2D eigenvalue weighted by molar-refractivity contribution is 0.100. The Hall–Kier alpha value is -4.05. The van der Waals surface area contributed by atoms with Crippen molar-refractivity contribution in [2.75, 3.05) is 19.0 Å². The molecule has 184 valence electrons. The van der Waals surface area contributed by atoms with Crippen LogP contribution in [0.15, 0.2) is 52.1 Å². The van der Waals surface area contributed by atoms with Gasteiger partial charge >= 0.3 is 5.69 Å². The zero-order valence-electron chi connectivity index (χ0n) is 20.0. The molecule has 0 saturated carbocycles. The van der Waals surface area contributed by atoms with Crippen LogP contribution in [0.1, 0.15) is 19.3 Å². The smallest absolute Gasteiger partial charge is 0.348 e. The summed E-state index contributed by atoms with van der Waals surface area (Å²) in [5.74, 6) is 0.255. The number of halogens is 1. The number of pyridine rings is 1. The fourth-order valence-electron chi connectivity index (χ4n) is 4.85. The van der Waals surface area contributed by atoms with Gasteiger partial charge in [-0.25, -0.2) is 14.2 Å². The van der Waals surface area contributed by atoms with E-state index in [4.69, 9.17) is 9.15 Å². The Bertz CT molecular complexity index is 1630. The first-order valence-electron chi connectivity index (χ1n) is 11.9. The van der Waals surface area contributed by atoms with E-state index in [2.05, 4.69) is 20.4 Å². The number of furan rings is 1. The number of benzene rings is 1. The van der Waals surface area contributed by atoms with Crippen LogP contribution in [0.25, 0.3) is 44.5 Å². The summed E-state index contributed by atoms with van der Waals surface area (Å²) in [5.41, 5.74) is 2.97. The van der Waals surface area contributed by atoms with E-state index in [1.54, 1.807) is 54.1 Å². The van der Waals surface area contributed by atoms with E-state index in [0.717, 1.165) is 19.4 Å². The van der Waals surface area contributed by atoms with Crippen LogP contribution in [-0.2, 0) is 18.3 Å². The Balaban J connectivity index is 1.59. The van der Waals surface area contributed by atoms with E-state index in [0.29, 0.717) is 63.2 Å². The van der Waals surface area contributed by atoms with Gasteiger partial charge in [-0.2, -0.15) is 10.1 Å². The molecule has 0 radical (unpaired) electrons. The average Bonchev–Trinajstić information content (AvgIpc) is 3.63. The van der Waals surface area contributed by atoms with Gasteiger partial charge in [0.1, 0.15) is 28.4 Å². The Labute approximate surface area is 205 Å². The molecular formula is C26H25FN6O3. The fourth-order valence-corrected chi connectivity index (χ4v) is 4.85. The molecule has 1 saturated heterocycles. The maximum absolute atomic E-state index is 15.2. The van der Waals surface area contributed by atoms with Gasteiger partial charge in [-0.15, -0.1) is 0 Å². The van der Waals surface area contributed by atoms with Crippen LogP contribution < -0.4 is 11.0 Å². The molecule has 1 aromatic carbocycles. The number of rotatable bonds is 6. The molecule has 10 heteroatoms. The standard InChI is InChI=1S/C26H25FN6O3/c1-28-22-6-5-15(12-29-22)23-25-24(33(26(34)31-23)8-7-17-4-3-9-35-17)19-10-18(16-13-30-32(2)14-16)20(27)11-21(19)36-25/h5-6,10-14,17H,3-4,7-9H2,1-2H3,(H,28,29). The van der Waals surface area contributed by atoms with E-state index < -0.39 is 11.5 Å². The van der Waals surface area contributed by atoms with Crippen LogP contribution in [-0.4, -0.2) is 44.1 Å². The Morgan fingerprint density at radius 2 is 2.11 bits per heavy atom. The lowest BCUT2D eigenvalue weighted by Gasteiger charge is -2.13. The van der Waals surface area contributed by atoms with Gasteiger partial charge in [0.05, 0.1) is 12.3 Å². The summed E-state index contributed by atoms with van der Waals surface area (Å²) in [6.07, 6.45) is 7.76. The molecule has 36 heavy (non-hydrogen) atoms. The number of ether oxygens (including phenoxy) is 1. The second-order valence-electron chi connectivity index (χ2n) is 9.01.